The normalized spacial score (nSPS) is 12.7. The van der Waals surface area contributed by atoms with Crippen LogP contribution in [0.2, 0.25) is 0 Å². The predicted octanol–water partition coefficient (Wildman–Crippen LogP) is 3.52. The largest absolute Gasteiger partial charge is 0.384 e. The zero-order valence-corrected chi connectivity index (χ0v) is 11.8. The molecule has 3 heteroatoms. The van der Waals surface area contributed by atoms with Crippen molar-refractivity contribution in [2.45, 2.75) is 20.3 Å². The SMILES string of the molecule is Cc1cccc(C)c1NC(=O)c1ccc2c(c1)NCC2. The van der Waals surface area contributed by atoms with Crippen LogP contribution in [0.5, 0.6) is 0 Å². The van der Waals surface area contributed by atoms with Crippen LogP contribution in [0.25, 0.3) is 0 Å². The number of aryl methyl sites for hydroxylation is 2. The fourth-order valence-corrected chi connectivity index (χ4v) is 2.63. The van der Waals surface area contributed by atoms with Crippen LogP contribution < -0.4 is 10.6 Å². The maximum absolute atomic E-state index is 12.4. The summed E-state index contributed by atoms with van der Waals surface area (Å²) in [6.45, 7) is 4.97. The smallest absolute Gasteiger partial charge is 0.255 e. The van der Waals surface area contributed by atoms with Crippen molar-refractivity contribution < 1.29 is 4.79 Å². The number of fused-ring (bicyclic) bond motifs is 1. The minimum Gasteiger partial charge on any atom is -0.384 e. The summed E-state index contributed by atoms with van der Waals surface area (Å²) in [6, 6.07) is 11.9. The van der Waals surface area contributed by atoms with Crippen molar-refractivity contribution in [1.29, 1.82) is 0 Å². The van der Waals surface area contributed by atoms with Gasteiger partial charge in [-0.1, -0.05) is 24.3 Å². The fourth-order valence-electron chi connectivity index (χ4n) is 2.63. The van der Waals surface area contributed by atoms with Gasteiger partial charge in [0.05, 0.1) is 0 Å². The molecule has 0 fully saturated rings. The number of amides is 1. The van der Waals surface area contributed by atoms with E-state index >= 15 is 0 Å². The average molecular weight is 266 g/mol. The van der Waals surface area contributed by atoms with Crippen molar-refractivity contribution >= 4 is 17.3 Å². The summed E-state index contributed by atoms with van der Waals surface area (Å²) in [7, 11) is 0. The second-order valence-corrected chi connectivity index (χ2v) is 5.27. The molecule has 3 nitrogen and oxygen atoms in total. The van der Waals surface area contributed by atoms with E-state index in [1.54, 1.807) is 0 Å². The molecular formula is C17H18N2O. The van der Waals surface area contributed by atoms with Gasteiger partial charge in [-0.25, -0.2) is 0 Å². The van der Waals surface area contributed by atoms with Gasteiger partial charge in [0, 0.05) is 23.5 Å². The quantitative estimate of drug-likeness (QED) is 0.873. The van der Waals surface area contributed by atoms with E-state index in [-0.39, 0.29) is 5.91 Å². The van der Waals surface area contributed by atoms with E-state index in [0.29, 0.717) is 5.56 Å². The molecule has 0 saturated carbocycles. The van der Waals surface area contributed by atoms with Crippen LogP contribution in [0.3, 0.4) is 0 Å². The maximum Gasteiger partial charge on any atom is 0.255 e. The van der Waals surface area contributed by atoms with Crippen molar-refractivity contribution in [3.05, 3.63) is 58.7 Å². The van der Waals surface area contributed by atoms with Gasteiger partial charge in [0.25, 0.3) is 5.91 Å². The molecule has 2 aromatic rings. The average Bonchev–Trinajstić information content (AvgIpc) is 2.90. The Labute approximate surface area is 119 Å². The third-order valence-corrected chi connectivity index (χ3v) is 3.80. The van der Waals surface area contributed by atoms with Gasteiger partial charge in [0.2, 0.25) is 0 Å². The fraction of sp³-hybridized carbons (Fsp3) is 0.235. The Morgan fingerprint density at radius 3 is 2.65 bits per heavy atom. The van der Waals surface area contributed by atoms with E-state index in [4.69, 9.17) is 0 Å². The van der Waals surface area contributed by atoms with Crippen LogP contribution in [-0.2, 0) is 6.42 Å². The highest BCUT2D eigenvalue weighted by Gasteiger charge is 2.14. The molecule has 0 bridgehead atoms. The van der Waals surface area contributed by atoms with Crippen LogP contribution in [0, 0.1) is 13.8 Å². The molecule has 0 unspecified atom stereocenters. The molecule has 1 aliphatic heterocycles. The third-order valence-electron chi connectivity index (χ3n) is 3.80. The lowest BCUT2D eigenvalue weighted by atomic mass is 10.1. The highest BCUT2D eigenvalue weighted by molar-refractivity contribution is 6.05. The minimum absolute atomic E-state index is 0.0566. The topological polar surface area (TPSA) is 41.1 Å². The molecule has 1 heterocycles. The van der Waals surface area contributed by atoms with Gasteiger partial charge in [0.15, 0.2) is 0 Å². The molecule has 0 atom stereocenters. The van der Waals surface area contributed by atoms with Gasteiger partial charge in [-0.2, -0.15) is 0 Å². The zero-order valence-electron chi connectivity index (χ0n) is 11.8. The van der Waals surface area contributed by atoms with Crippen LogP contribution in [-0.4, -0.2) is 12.5 Å². The number of hydrogen-bond donors (Lipinski definition) is 2. The third kappa shape index (κ3) is 2.27. The van der Waals surface area contributed by atoms with Crippen molar-refractivity contribution in [2.75, 3.05) is 17.2 Å². The molecule has 0 radical (unpaired) electrons. The number of carbonyl (C=O) groups is 1. The summed E-state index contributed by atoms with van der Waals surface area (Å²) in [4.78, 5) is 12.4. The van der Waals surface area contributed by atoms with Gasteiger partial charge < -0.3 is 10.6 Å². The van der Waals surface area contributed by atoms with E-state index in [0.717, 1.165) is 35.5 Å². The Kier molecular flexibility index (Phi) is 3.18. The van der Waals surface area contributed by atoms with E-state index in [9.17, 15) is 4.79 Å². The Morgan fingerprint density at radius 1 is 1.15 bits per heavy atom. The molecular weight excluding hydrogens is 248 g/mol. The first-order valence-electron chi connectivity index (χ1n) is 6.89. The first kappa shape index (κ1) is 12.7. The lowest BCUT2D eigenvalue weighted by Crippen LogP contribution is -2.14. The number of rotatable bonds is 2. The molecule has 0 spiro atoms. The van der Waals surface area contributed by atoms with Gasteiger partial charge in [-0.05, 0) is 49.1 Å². The van der Waals surface area contributed by atoms with E-state index in [1.165, 1.54) is 5.56 Å². The maximum atomic E-state index is 12.4. The van der Waals surface area contributed by atoms with E-state index < -0.39 is 0 Å². The summed E-state index contributed by atoms with van der Waals surface area (Å²) in [5, 5.41) is 6.32. The van der Waals surface area contributed by atoms with Crippen LogP contribution in [0.1, 0.15) is 27.0 Å². The number of para-hydroxylation sites is 1. The van der Waals surface area contributed by atoms with Gasteiger partial charge in [0.1, 0.15) is 0 Å². The molecule has 2 N–H and O–H groups in total. The monoisotopic (exact) mass is 266 g/mol. The summed E-state index contributed by atoms with van der Waals surface area (Å²) < 4.78 is 0. The Bertz CT molecular complexity index is 656. The van der Waals surface area contributed by atoms with Gasteiger partial charge >= 0.3 is 0 Å². The molecule has 102 valence electrons. The first-order chi connectivity index (χ1) is 9.65. The van der Waals surface area contributed by atoms with E-state index in [1.807, 2.05) is 50.2 Å². The van der Waals surface area contributed by atoms with Crippen LogP contribution in [0.15, 0.2) is 36.4 Å². The Balaban J connectivity index is 1.86. The summed E-state index contributed by atoms with van der Waals surface area (Å²) in [5.41, 5.74) is 6.13. The molecule has 0 aliphatic carbocycles. The summed E-state index contributed by atoms with van der Waals surface area (Å²) in [5.74, 6) is -0.0566. The highest BCUT2D eigenvalue weighted by atomic mass is 16.1. The lowest BCUT2D eigenvalue weighted by Gasteiger charge is -2.12. The number of benzene rings is 2. The molecule has 3 rings (SSSR count). The summed E-state index contributed by atoms with van der Waals surface area (Å²) in [6.07, 6.45) is 1.04. The predicted molar refractivity (Wildman–Crippen MR) is 82.5 cm³/mol. The molecule has 1 aliphatic rings. The molecule has 0 aromatic heterocycles. The van der Waals surface area contributed by atoms with E-state index in [2.05, 4.69) is 10.6 Å². The van der Waals surface area contributed by atoms with Crippen molar-refractivity contribution in [3.8, 4) is 0 Å². The molecule has 1 amide bonds. The Morgan fingerprint density at radius 2 is 1.90 bits per heavy atom. The number of hydrogen-bond acceptors (Lipinski definition) is 2. The molecule has 0 saturated heterocycles. The highest BCUT2D eigenvalue weighted by Crippen LogP contribution is 2.25. The molecule has 2 aromatic carbocycles. The number of anilines is 2. The number of nitrogens with one attached hydrogen (secondary N) is 2. The van der Waals surface area contributed by atoms with Crippen LogP contribution in [0.4, 0.5) is 11.4 Å². The second kappa shape index (κ2) is 5.00. The molecule has 20 heavy (non-hydrogen) atoms. The standard InChI is InChI=1S/C17H18N2O/c1-11-4-3-5-12(2)16(11)19-17(20)14-7-6-13-8-9-18-15(13)10-14/h3-7,10,18H,8-9H2,1-2H3,(H,19,20). The second-order valence-electron chi connectivity index (χ2n) is 5.27. The van der Waals surface area contributed by atoms with Gasteiger partial charge in [-0.15, -0.1) is 0 Å². The van der Waals surface area contributed by atoms with Crippen molar-refractivity contribution in [1.82, 2.24) is 0 Å². The zero-order chi connectivity index (χ0) is 14.1. The van der Waals surface area contributed by atoms with Crippen molar-refractivity contribution in [3.63, 3.8) is 0 Å². The van der Waals surface area contributed by atoms with Crippen LogP contribution >= 0.6 is 0 Å². The van der Waals surface area contributed by atoms with Gasteiger partial charge in [-0.3, -0.25) is 4.79 Å². The lowest BCUT2D eigenvalue weighted by molar-refractivity contribution is 0.102. The minimum atomic E-state index is -0.0566. The summed E-state index contributed by atoms with van der Waals surface area (Å²) >= 11 is 0. The number of carbonyl (C=O) groups excluding carboxylic acids is 1. The first-order valence-corrected chi connectivity index (χ1v) is 6.89. The van der Waals surface area contributed by atoms with Crippen molar-refractivity contribution in [2.24, 2.45) is 0 Å². The Hall–Kier alpha value is -2.29.